The molecule has 3 N–H and O–H groups in total. The van der Waals surface area contributed by atoms with Crippen LogP contribution in [0.1, 0.15) is 21.5 Å². The number of rotatable bonds is 9. The van der Waals surface area contributed by atoms with Gasteiger partial charge >= 0.3 is 0 Å². The molecule has 0 fully saturated rings. The molecule has 34 heavy (non-hydrogen) atoms. The number of amides is 1. The number of ether oxygens (including phenoxy) is 1. The number of aromatic nitrogens is 1. The van der Waals surface area contributed by atoms with Crippen LogP contribution < -0.4 is 15.5 Å². The summed E-state index contributed by atoms with van der Waals surface area (Å²) in [6.07, 6.45) is 5.14. The predicted octanol–water partition coefficient (Wildman–Crippen LogP) is 4.53. The summed E-state index contributed by atoms with van der Waals surface area (Å²) in [6, 6.07) is 19.8. The first-order valence-electron chi connectivity index (χ1n) is 10.7. The van der Waals surface area contributed by atoms with Crippen molar-refractivity contribution < 1.29 is 14.6 Å². The summed E-state index contributed by atoms with van der Waals surface area (Å²) in [5, 5.41) is 18.9. The molecule has 0 saturated carbocycles. The van der Waals surface area contributed by atoms with Crippen LogP contribution in [0.25, 0.3) is 10.8 Å². The lowest BCUT2D eigenvalue weighted by molar-refractivity contribution is 0.0955. The van der Waals surface area contributed by atoms with Crippen molar-refractivity contribution in [2.45, 2.75) is 6.54 Å². The van der Waals surface area contributed by atoms with Crippen molar-refractivity contribution in [3.8, 4) is 11.5 Å². The van der Waals surface area contributed by atoms with Crippen molar-refractivity contribution in [2.75, 3.05) is 13.2 Å². The van der Waals surface area contributed by atoms with Crippen LogP contribution in [0.15, 0.2) is 84.2 Å². The molecule has 0 radical (unpaired) electrons. The maximum atomic E-state index is 12.3. The minimum absolute atomic E-state index is 0.0833. The van der Waals surface area contributed by atoms with Gasteiger partial charge in [0.05, 0.1) is 11.2 Å². The number of nitrogens with one attached hydrogen (secondary N) is 2. The lowest BCUT2D eigenvalue weighted by Gasteiger charge is -2.12. The minimum Gasteiger partial charge on any atom is -0.506 e. The molecule has 1 heterocycles. The van der Waals surface area contributed by atoms with Gasteiger partial charge in [-0.15, -0.1) is 0 Å². The molecule has 0 spiro atoms. The van der Waals surface area contributed by atoms with E-state index in [1.807, 2.05) is 48.5 Å². The number of nitrogens with zero attached hydrogens (tertiary/aromatic N) is 2. The van der Waals surface area contributed by atoms with Gasteiger partial charge in [0.1, 0.15) is 18.1 Å². The van der Waals surface area contributed by atoms with Crippen molar-refractivity contribution in [2.24, 2.45) is 5.10 Å². The molecule has 0 unspecified atom stereocenters. The van der Waals surface area contributed by atoms with Gasteiger partial charge in [0.15, 0.2) is 0 Å². The molecule has 0 saturated heterocycles. The normalized spacial score (nSPS) is 11.1. The van der Waals surface area contributed by atoms with Crippen LogP contribution >= 0.6 is 11.6 Å². The van der Waals surface area contributed by atoms with Gasteiger partial charge in [0.2, 0.25) is 0 Å². The number of hydrazone groups is 1. The third kappa shape index (κ3) is 5.89. The zero-order chi connectivity index (χ0) is 23.8. The monoisotopic (exact) mass is 474 g/mol. The number of hydrogen-bond donors (Lipinski definition) is 3. The van der Waals surface area contributed by atoms with E-state index in [2.05, 4.69) is 20.8 Å². The molecule has 1 aromatic heterocycles. The van der Waals surface area contributed by atoms with Gasteiger partial charge < -0.3 is 15.2 Å². The Bertz CT molecular complexity index is 1310. The van der Waals surface area contributed by atoms with Gasteiger partial charge in [0.25, 0.3) is 5.91 Å². The number of fused-ring (bicyclic) bond motifs is 1. The number of phenolic OH excluding ortho intramolecular Hbond substituents is 1. The molecule has 4 rings (SSSR count). The van der Waals surface area contributed by atoms with E-state index in [-0.39, 0.29) is 10.8 Å². The molecule has 0 bridgehead atoms. The summed E-state index contributed by atoms with van der Waals surface area (Å²) in [5.41, 5.74) is 4.79. The van der Waals surface area contributed by atoms with Crippen molar-refractivity contribution in [3.05, 3.63) is 101 Å². The van der Waals surface area contributed by atoms with Crippen molar-refractivity contribution in [1.82, 2.24) is 15.7 Å². The zero-order valence-electron chi connectivity index (χ0n) is 18.2. The summed E-state index contributed by atoms with van der Waals surface area (Å²) < 4.78 is 6.01. The Balaban J connectivity index is 1.38. The van der Waals surface area contributed by atoms with Crippen LogP contribution in [0.4, 0.5) is 0 Å². The summed E-state index contributed by atoms with van der Waals surface area (Å²) in [4.78, 5) is 16.3. The largest absolute Gasteiger partial charge is 0.506 e. The summed E-state index contributed by atoms with van der Waals surface area (Å²) in [7, 11) is 0. The summed E-state index contributed by atoms with van der Waals surface area (Å²) >= 11 is 5.86. The Kier molecular flexibility index (Phi) is 7.70. The topological polar surface area (TPSA) is 95.8 Å². The average molecular weight is 475 g/mol. The predicted molar refractivity (Wildman–Crippen MR) is 134 cm³/mol. The number of hydrogen-bond acceptors (Lipinski definition) is 6. The number of phenols is 1. The third-order valence-electron chi connectivity index (χ3n) is 5.11. The van der Waals surface area contributed by atoms with Crippen molar-refractivity contribution in [1.29, 1.82) is 0 Å². The molecule has 1 amide bonds. The summed E-state index contributed by atoms with van der Waals surface area (Å²) in [6.45, 7) is 1.98. The Labute approximate surface area is 202 Å². The number of carbonyl (C=O) groups excluding carboxylic acids is 1. The number of carbonyl (C=O) groups is 1. The van der Waals surface area contributed by atoms with Crippen LogP contribution in [0.2, 0.25) is 5.02 Å². The van der Waals surface area contributed by atoms with E-state index in [1.54, 1.807) is 18.6 Å². The molecule has 4 aromatic rings. The highest BCUT2D eigenvalue weighted by atomic mass is 35.5. The van der Waals surface area contributed by atoms with Gasteiger partial charge in [-0.2, -0.15) is 5.10 Å². The Hall–Kier alpha value is -3.94. The number of aromatic hydroxyl groups is 1. The van der Waals surface area contributed by atoms with Crippen LogP contribution in [-0.4, -0.2) is 35.4 Å². The minimum atomic E-state index is -0.429. The Morgan fingerprint density at radius 1 is 1.06 bits per heavy atom. The van der Waals surface area contributed by atoms with E-state index in [0.717, 1.165) is 28.6 Å². The number of halogens is 1. The van der Waals surface area contributed by atoms with E-state index in [9.17, 15) is 9.90 Å². The van der Waals surface area contributed by atoms with E-state index < -0.39 is 5.91 Å². The van der Waals surface area contributed by atoms with Crippen LogP contribution in [0.5, 0.6) is 11.5 Å². The van der Waals surface area contributed by atoms with E-state index >= 15 is 0 Å². The van der Waals surface area contributed by atoms with Crippen molar-refractivity contribution in [3.63, 3.8) is 0 Å². The van der Waals surface area contributed by atoms with E-state index in [1.165, 1.54) is 23.8 Å². The van der Waals surface area contributed by atoms with Crippen molar-refractivity contribution >= 4 is 34.5 Å². The summed E-state index contributed by atoms with van der Waals surface area (Å²) in [5.74, 6) is 0.267. The van der Waals surface area contributed by atoms with Gasteiger partial charge in [-0.25, -0.2) is 5.43 Å². The molecule has 8 heteroatoms. The van der Waals surface area contributed by atoms with Gasteiger partial charge in [-0.05, 0) is 53.4 Å². The molecule has 3 aromatic carbocycles. The molecule has 0 aliphatic rings. The van der Waals surface area contributed by atoms with E-state index in [0.29, 0.717) is 18.7 Å². The maximum absolute atomic E-state index is 12.3. The molecule has 172 valence electrons. The quantitative estimate of drug-likeness (QED) is 0.188. The number of pyridine rings is 1. The first kappa shape index (κ1) is 23.2. The maximum Gasteiger partial charge on any atom is 0.271 e. The Morgan fingerprint density at radius 3 is 2.65 bits per heavy atom. The average Bonchev–Trinajstić information content (AvgIpc) is 2.87. The molecular formula is C26H23ClN4O3. The Morgan fingerprint density at radius 2 is 1.85 bits per heavy atom. The molecule has 0 aliphatic heterocycles. The highest BCUT2D eigenvalue weighted by Gasteiger charge is 2.08. The fraction of sp³-hybridized carbons (Fsp3) is 0.115. The van der Waals surface area contributed by atoms with Gasteiger partial charge in [0, 0.05) is 42.0 Å². The molecule has 7 nitrogen and oxygen atoms in total. The van der Waals surface area contributed by atoms with Gasteiger partial charge in [-0.1, -0.05) is 35.9 Å². The highest BCUT2D eigenvalue weighted by molar-refractivity contribution is 6.32. The second kappa shape index (κ2) is 11.3. The van der Waals surface area contributed by atoms with Gasteiger partial charge in [-0.3, -0.25) is 9.78 Å². The molecule has 0 aliphatic carbocycles. The van der Waals surface area contributed by atoms with E-state index in [4.69, 9.17) is 16.3 Å². The fourth-order valence-corrected chi connectivity index (χ4v) is 3.55. The smallest absolute Gasteiger partial charge is 0.271 e. The first-order chi connectivity index (χ1) is 16.6. The third-order valence-corrected chi connectivity index (χ3v) is 5.42. The van der Waals surface area contributed by atoms with Crippen LogP contribution in [0.3, 0.4) is 0 Å². The molecule has 0 atom stereocenters. The lowest BCUT2D eigenvalue weighted by atomic mass is 10.0. The fourth-order valence-electron chi connectivity index (χ4n) is 3.37. The number of benzene rings is 3. The van der Waals surface area contributed by atoms with Crippen LogP contribution in [0, 0.1) is 0 Å². The zero-order valence-corrected chi connectivity index (χ0v) is 19.0. The highest BCUT2D eigenvalue weighted by Crippen LogP contribution is 2.28. The molecular weight excluding hydrogens is 452 g/mol. The second-order valence-electron chi connectivity index (χ2n) is 7.44. The standard InChI is InChI=1S/C26H23ClN4O3/c27-23-15-19(5-7-24(23)32)26(33)31-30-17-20-6-8-25(22-4-2-1-3-21(20)22)34-14-13-29-16-18-9-11-28-12-10-18/h1-12,15,17,29,32H,13-14,16H2,(H,31,33)/b30-17+. The van der Waals surface area contributed by atoms with Crippen LogP contribution in [-0.2, 0) is 6.54 Å². The lowest BCUT2D eigenvalue weighted by Crippen LogP contribution is -2.20. The first-order valence-corrected chi connectivity index (χ1v) is 11.1. The SMILES string of the molecule is O=C(N/N=C/c1ccc(OCCNCc2ccncc2)c2ccccc12)c1ccc(O)c(Cl)c1. The second-order valence-corrected chi connectivity index (χ2v) is 7.85.